The summed E-state index contributed by atoms with van der Waals surface area (Å²) in [5.74, 6) is 1.06. The molecule has 2 saturated heterocycles. The van der Waals surface area contributed by atoms with Gasteiger partial charge in [-0.3, -0.25) is 4.79 Å². The third-order valence-electron chi connectivity index (χ3n) is 4.70. The van der Waals surface area contributed by atoms with Gasteiger partial charge in [-0.1, -0.05) is 17.7 Å². The van der Waals surface area contributed by atoms with Gasteiger partial charge in [0.2, 0.25) is 0 Å². The molecule has 2 aliphatic rings. The van der Waals surface area contributed by atoms with E-state index in [9.17, 15) is 4.79 Å². The van der Waals surface area contributed by atoms with Crippen LogP contribution in [0.15, 0.2) is 24.3 Å². The molecule has 0 saturated carbocycles. The van der Waals surface area contributed by atoms with E-state index in [0.717, 1.165) is 26.1 Å². The number of benzene rings is 1. The second-order valence-corrected chi connectivity index (χ2v) is 6.61. The maximum atomic E-state index is 12.2. The molecule has 2 heterocycles. The maximum absolute atomic E-state index is 12.2. The van der Waals surface area contributed by atoms with E-state index in [0.29, 0.717) is 29.8 Å². The SMILES string of the molecule is COCC[C@@H]1CCOC12CN(C(=O)COc1cccc(Cl)c1)C2. The maximum Gasteiger partial charge on any atom is 0.260 e. The predicted molar refractivity (Wildman–Crippen MR) is 86.8 cm³/mol. The summed E-state index contributed by atoms with van der Waals surface area (Å²) in [6.07, 6.45) is 2.03. The first-order valence-corrected chi connectivity index (χ1v) is 8.30. The van der Waals surface area contributed by atoms with Crippen LogP contribution in [0.3, 0.4) is 0 Å². The highest BCUT2D eigenvalue weighted by atomic mass is 35.5. The monoisotopic (exact) mass is 339 g/mol. The van der Waals surface area contributed by atoms with Crippen molar-refractivity contribution >= 4 is 17.5 Å². The summed E-state index contributed by atoms with van der Waals surface area (Å²) in [5.41, 5.74) is -0.162. The van der Waals surface area contributed by atoms with Crippen LogP contribution in [0.2, 0.25) is 5.02 Å². The fourth-order valence-corrected chi connectivity index (χ4v) is 3.55. The van der Waals surface area contributed by atoms with Gasteiger partial charge in [0.15, 0.2) is 6.61 Å². The van der Waals surface area contributed by atoms with E-state index in [1.54, 1.807) is 36.3 Å². The molecule has 5 nitrogen and oxygen atoms in total. The zero-order valence-corrected chi connectivity index (χ0v) is 14.1. The molecular formula is C17H22ClNO4. The van der Waals surface area contributed by atoms with Crippen molar-refractivity contribution in [3.05, 3.63) is 29.3 Å². The molecule has 1 spiro atoms. The average Bonchev–Trinajstić information content (AvgIpc) is 2.93. The Kier molecular flexibility index (Phi) is 5.09. The number of hydrogen-bond donors (Lipinski definition) is 0. The molecule has 0 N–H and O–H groups in total. The predicted octanol–water partition coefficient (Wildman–Crippen LogP) is 2.37. The summed E-state index contributed by atoms with van der Waals surface area (Å²) in [5, 5.41) is 0.596. The summed E-state index contributed by atoms with van der Waals surface area (Å²) in [7, 11) is 1.71. The Labute approximate surface area is 141 Å². The zero-order valence-electron chi connectivity index (χ0n) is 13.3. The summed E-state index contributed by atoms with van der Waals surface area (Å²) in [4.78, 5) is 14.0. The number of carbonyl (C=O) groups excluding carboxylic acids is 1. The van der Waals surface area contributed by atoms with Gasteiger partial charge in [-0.2, -0.15) is 0 Å². The highest BCUT2D eigenvalue weighted by Crippen LogP contribution is 2.41. The molecule has 1 aromatic rings. The lowest BCUT2D eigenvalue weighted by Gasteiger charge is -2.50. The van der Waals surface area contributed by atoms with E-state index < -0.39 is 0 Å². The van der Waals surface area contributed by atoms with Gasteiger partial charge in [0.1, 0.15) is 11.4 Å². The molecule has 0 aromatic heterocycles. The number of halogens is 1. The second-order valence-electron chi connectivity index (χ2n) is 6.18. The molecule has 2 aliphatic heterocycles. The van der Waals surface area contributed by atoms with Crippen molar-refractivity contribution in [1.82, 2.24) is 4.90 Å². The van der Waals surface area contributed by atoms with Crippen LogP contribution in [0, 0.1) is 5.92 Å². The fourth-order valence-electron chi connectivity index (χ4n) is 3.37. The quantitative estimate of drug-likeness (QED) is 0.798. The van der Waals surface area contributed by atoms with Crippen LogP contribution in [0.1, 0.15) is 12.8 Å². The Hall–Kier alpha value is -1.30. The molecular weight excluding hydrogens is 318 g/mol. The minimum Gasteiger partial charge on any atom is -0.484 e. The largest absolute Gasteiger partial charge is 0.484 e. The number of likely N-dealkylation sites (tertiary alicyclic amines) is 1. The van der Waals surface area contributed by atoms with Crippen LogP contribution >= 0.6 is 11.6 Å². The number of hydrogen-bond acceptors (Lipinski definition) is 4. The van der Waals surface area contributed by atoms with Gasteiger partial charge in [-0.05, 0) is 37.0 Å². The van der Waals surface area contributed by atoms with Gasteiger partial charge < -0.3 is 19.1 Å². The lowest BCUT2D eigenvalue weighted by molar-refractivity contribution is -0.167. The summed E-state index contributed by atoms with van der Waals surface area (Å²) >= 11 is 5.90. The molecule has 1 aromatic carbocycles. The van der Waals surface area contributed by atoms with E-state index in [4.69, 9.17) is 25.8 Å². The number of rotatable bonds is 6. The Balaban J connectivity index is 1.47. The Morgan fingerprint density at radius 2 is 2.30 bits per heavy atom. The van der Waals surface area contributed by atoms with E-state index in [-0.39, 0.29) is 18.1 Å². The molecule has 1 atom stereocenters. The third-order valence-corrected chi connectivity index (χ3v) is 4.93. The van der Waals surface area contributed by atoms with Gasteiger partial charge in [0.05, 0.1) is 13.1 Å². The molecule has 6 heteroatoms. The summed E-state index contributed by atoms with van der Waals surface area (Å²) < 4.78 is 16.6. The van der Waals surface area contributed by atoms with Gasteiger partial charge in [0.25, 0.3) is 5.91 Å². The van der Waals surface area contributed by atoms with Gasteiger partial charge in [-0.25, -0.2) is 0 Å². The van der Waals surface area contributed by atoms with Crippen molar-refractivity contribution in [3.63, 3.8) is 0 Å². The number of ether oxygens (including phenoxy) is 3. The number of carbonyl (C=O) groups is 1. The molecule has 23 heavy (non-hydrogen) atoms. The van der Waals surface area contributed by atoms with Gasteiger partial charge in [-0.15, -0.1) is 0 Å². The molecule has 0 unspecified atom stereocenters. The van der Waals surface area contributed by atoms with E-state index >= 15 is 0 Å². The first-order valence-electron chi connectivity index (χ1n) is 7.92. The standard InChI is InChI=1S/C17H22ClNO4/c1-21-7-5-13-6-8-23-17(13)11-19(12-17)16(20)10-22-15-4-2-3-14(18)9-15/h2-4,9,13H,5-8,10-12H2,1H3/t13-/m1/s1. The van der Waals surface area contributed by atoms with Crippen molar-refractivity contribution in [2.24, 2.45) is 5.92 Å². The van der Waals surface area contributed by atoms with Crippen molar-refractivity contribution < 1.29 is 19.0 Å². The number of amides is 1. The lowest BCUT2D eigenvalue weighted by atomic mass is 9.79. The van der Waals surface area contributed by atoms with Gasteiger partial charge in [0, 0.05) is 25.3 Å². The van der Waals surface area contributed by atoms with Gasteiger partial charge >= 0.3 is 0 Å². The van der Waals surface area contributed by atoms with Crippen LogP contribution in [0.25, 0.3) is 0 Å². The topological polar surface area (TPSA) is 48.0 Å². The molecule has 3 rings (SSSR count). The molecule has 2 fully saturated rings. The van der Waals surface area contributed by atoms with E-state index in [1.807, 2.05) is 0 Å². The Morgan fingerprint density at radius 1 is 1.48 bits per heavy atom. The van der Waals surface area contributed by atoms with E-state index in [2.05, 4.69) is 0 Å². The van der Waals surface area contributed by atoms with Crippen molar-refractivity contribution in [1.29, 1.82) is 0 Å². The van der Waals surface area contributed by atoms with Crippen LogP contribution in [0.5, 0.6) is 5.75 Å². The number of nitrogens with zero attached hydrogens (tertiary/aromatic N) is 1. The molecule has 1 amide bonds. The number of methoxy groups -OCH3 is 1. The highest BCUT2D eigenvalue weighted by Gasteiger charge is 2.54. The molecule has 0 radical (unpaired) electrons. The normalized spacial score (nSPS) is 22.2. The minimum atomic E-state index is -0.162. The summed E-state index contributed by atoms with van der Waals surface area (Å²) in [6.45, 7) is 2.84. The lowest BCUT2D eigenvalue weighted by Crippen LogP contribution is -2.66. The van der Waals surface area contributed by atoms with Crippen LogP contribution in [-0.2, 0) is 14.3 Å². The Morgan fingerprint density at radius 3 is 3.04 bits per heavy atom. The first-order chi connectivity index (χ1) is 11.1. The second kappa shape index (κ2) is 7.07. The first kappa shape index (κ1) is 16.6. The molecule has 126 valence electrons. The minimum absolute atomic E-state index is 0.0170. The van der Waals surface area contributed by atoms with Crippen molar-refractivity contribution in [2.45, 2.75) is 18.4 Å². The Bertz CT molecular complexity index is 559. The highest BCUT2D eigenvalue weighted by molar-refractivity contribution is 6.30. The molecule has 0 aliphatic carbocycles. The average molecular weight is 340 g/mol. The van der Waals surface area contributed by atoms with Crippen molar-refractivity contribution in [2.75, 3.05) is 40.0 Å². The fraction of sp³-hybridized carbons (Fsp3) is 0.588. The van der Waals surface area contributed by atoms with Crippen LogP contribution in [-0.4, -0.2) is 56.4 Å². The van der Waals surface area contributed by atoms with Crippen molar-refractivity contribution in [3.8, 4) is 5.75 Å². The van der Waals surface area contributed by atoms with Crippen LogP contribution < -0.4 is 4.74 Å². The summed E-state index contributed by atoms with van der Waals surface area (Å²) in [6, 6.07) is 7.06. The van der Waals surface area contributed by atoms with Crippen LogP contribution in [0.4, 0.5) is 0 Å². The smallest absolute Gasteiger partial charge is 0.260 e. The third kappa shape index (κ3) is 3.62. The molecule has 0 bridgehead atoms. The zero-order chi connectivity index (χ0) is 16.3. The van der Waals surface area contributed by atoms with E-state index in [1.165, 1.54) is 0 Å².